The molecule has 0 atom stereocenters. The van der Waals surface area contributed by atoms with E-state index in [-0.39, 0.29) is 0 Å². The third-order valence-corrected chi connectivity index (χ3v) is 2.39. The summed E-state index contributed by atoms with van der Waals surface area (Å²) in [6.07, 6.45) is 1.65. The van der Waals surface area contributed by atoms with E-state index >= 15 is 0 Å². The fourth-order valence-corrected chi connectivity index (χ4v) is 1.52. The average molecular weight is 245 g/mol. The molecule has 0 aliphatic carbocycles. The second-order valence-corrected chi connectivity index (χ2v) is 3.61. The Kier molecular flexibility index (Phi) is 4.16. The zero-order valence-corrected chi connectivity index (χ0v) is 10.1. The molecule has 3 N–H and O–H groups in total. The normalized spacial score (nSPS) is 11.8. The Bertz CT molecular complexity index is 555. The standard InChI is InChI=1S/C12H15N5O/c1-18-7-6-14-12(17-13)11-8-15-9-4-2-3-5-10(9)16-11/h2-5,8H,6-7,13H2,1H3,(H,14,17). The number of para-hydroxylation sites is 2. The van der Waals surface area contributed by atoms with Gasteiger partial charge < -0.3 is 10.2 Å². The van der Waals surface area contributed by atoms with Gasteiger partial charge in [-0.1, -0.05) is 12.1 Å². The van der Waals surface area contributed by atoms with E-state index in [9.17, 15) is 0 Å². The molecule has 0 unspecified atom stereocenters. The Morgan fingerprint density at radius 1 is 1.39 bits per heavy atom. The predicted molar refractivity (Wildman–Crippen MR) is 70.1 cm³/mol. The van der Waals surface area contributed by atoms with Crippen molar-refractivity contribution < 1.29 is 4.74 Å². The van der Waals surface area contributed by atoms with Crippen molar-refractivity contribution in [1.29, 1.82) is 0 Å². The van der Waals surface area contributed by atoms with Gasteiger partial charge in [0.25, 0.3) is 0 Å². The van der Waals surface area contributed by atoms with Crippen LogP contribution in [0.4, 0.5) is 0 Å². The number of rotatable bonds is 4. The highest BCUT2D eigenvalue weighted by Crippen LogP contribution is 2.08. The predicted octanol–water partition coefficient (Wildman–Crippen LogP) is 0.486. The van der Waals surface area contributed by atoms with Crippen molar-refractivity contribution in [3.8, 4) is 0 Å². The van der Waals surface area contributed by atoms with Crippen LogP contribution in [-0.2, 0) is 4.74 Å². The van der Waals surface area contributed by atoms with Crippen molar-refractivity contribution >= 4 is 16.9 Å². The SMILES string of the molecule is COCCN=C(NN)c1cnc2ccccc2n1. The van der Waals surface area contributed by atoms with E-state index in [0.29, 0.717) is 24.7 Å². The first-order chi connectivity index (χ1) is 8.85. The quantitative estimate of drug-likeness (QED) is 0.269. The molecule has 0 fully saturated rings. The van der Waals surface area contributed by atoms with Crippen LogP contribution in [0.25, 0.3) is 11.0 Å². The molecular formula is C12H15N5O. The Balaban J connectivity index is 2.30. The lowest BCUT2D eigenvalue weighted by molar-refractivity contribution is 0.208. The number of benzene rings is 1. The number of ether oxygens (including phenoxy) is 1. The molecule has 0 radical (unpaired) electrons. The summed E-state index contributed by atoms with van der Waals surface area (Å²) in [6, 6.07) is 7.64. The lowest BCUT2D eigenvalue weighted by atomic mass is 10.3. The fourth-order valence-electron chi connectivity index (χ4n) is 1.52. The monoisotopic (exact) mass is 245 g/mol. The van der Waals surface area contributed by atoms with Gasteiger partial charge in [0.2, 0.25) is 0 Å². The average Bonchev–Trinajstić information content (AvgIpc) is 2.43. The van der Waals surface area contributed by atoms with E-state index in [1.54, 1.807) is 13.3 Å². The Morgan fingerprint density at radius 3 is 2.89 bits per heavy atom. The molecule has 0 bridgehead atoms. The van der Waals surface area contributed by atoms with Crippen molar-refractivity contribution in [2.45, 2.75) is 0 Å². The third kappa shape index (κ3) is 2.79. The zero-order chi connectivity index (χ0) is 12.8. The summed E-state index contributed by atoms with van der Waals surface area (Å²) >= 11 is 0. The van der Waals surface area contributed by atoms with Crippen molar-refractivity contribution in [2.75, 3.05) is 20.3 Å². The Morgan fingerprint density at radius 2 is 2.17 bits per heavy atom. The maximum absolute atomic E-state index is 5.44. The molecule has 6 nitrogen and oxygen atoms in total. The van der Waals surface area contributed by atoms with Crippen molar-refractivity contribution in [2.24, 2.45) is 10.8 Å². The van der Waals surface area contributed by atoms with Gasteiger partial charge in [-0.25, -0.2) is 10.8 Å². The van der Waals surface area contributed by atoms with E-state index in [0.717, 1.165) is 11.0 Å². The minimum Gasteiger partial charge on any atom is -0.383 e. The lowest BCUT2D eigenvalue weighted by Crippen LogP contribution is -2.32. The van der Waals surface area contributed by atoms with E-state index in [4.69, 9.17) is 10.6 Å². The maximum Gasteiger partial charge on any atom is 0.163 e. The van der Waals surface area contributed by atoms with Crippen LogP contribution in [0.5, 0.6) is 0 Å². The van der Waals surface area contributed by atoms with Gasteiger partial charge in [0.05, 0.1) is 30.4 Å². The zero-order valence-electron chi connectivity index (χ0n) is 10.1. The van der Waals surface area contributed by atoms with Crippen LogP contribution in [0.2, 0.25) is 0 Å². The molecular weight excluding hydrogens is 230 g/mol. The summed E-state index contributed by atoms with van der Waals surface area (Å²) in [7, 11) is 1.63. The van der Waals surface area contributed by atoms with Gasteiger partial charge in [-0.3, -0.25) is 9.98 Å². The van der Waals surface area contributed by atoms with Crippen LogP contribution in [0, 0.1) is 0 Å². The van der Waals surface area contributed by atoms with Crippen LogP contribution >= 0.6 is 0 Å². The number of nitrogens with one attached hydrogen (secondary N) is 1. The molecule has 0 spiro atoms. The summed E-state index contributed by atoms with van der Waals surface area (Å²) in [4.78, 5) is 13.0. The first-order valence-electron chi connectivity index (χ1n) is 5.57. The van der Waals surface area contributed by atoms with Crippen molar-refractivity contribution in [1.82, 2.24) is 15.4 Å². The van der Waals surface area contributed by atoms with Crippen molar-refractivity contribution in [3.63, 3.8) is 0 Å². The number of nitrogens with two attached hydrogens (primary N) is 1. The molecule has 0 amide bonds. The molecule has 1 aromatic carbocycles. The summed E-state index contributed by atoms with van der Waals surface area (Å²) < 4.78 is 4.93. The summed E-state index contributed by atoms with van der Waals surface area (Å²) in [6.45, 7) is 1.05. The second-order valence-electron chi connectivity index (χ2n) is 3.61. The minimum absolute atomic E-state index is 0.505. The van der Waals surface area contributed by atoms with Crippen LogP contribution in [0.1, 0.15) is 5.69 Å². The molecule has 2 aromatic rings. The highest BCUT2D eigenvalue weighted by Gasteiger charge is 2.05. The number of hydrogen-bond acceptors (Lipinski definition) is 5. The van der Waals surface area contributed by atoms with E-state index in [1.807, 2.05) is 24.3 Å². The molecule has 0 saturated heterocycles. The molecule has 2 rings (SSSR count). The molecule has 94 valence electrons. The van der Waals surface area contributed by atoms with Crippen LogP contribution in [0.15, 0.2) is 35.5 Å². The smallest absolute Gasteiger partial charge is 0.163 e. The largest absolute Gasteiger partial charge is 0.383 e. The minimum atomic E-state index is 0.505. The second kappa shape index (κ2) is 6.04. The number of hydrazine groups is 1. The summed E-state index contributed by atoms with van der Waals surface area (Å²) in [5.74, 6) is 5.95. The highest BCUT2D eigenvalue weighted by molar-refractivity contribution is 5.97. The number of methoxy groups -OCH3 is 1. The molecule has 1 heterocycles. The van der Waals surface area contributed by atoms with Gasteiger partial charge in [-0.05, 0) is 12.1 Å². The van der Waals surface area contributed by atoms with Gasteiger partial charge >= 0.3 is 0 Å². The van der Waals surface area contributed by atoms with Gasteiger partial charge in [-0.2, -0.15) is 0 Å². The number of amidine groups is 1. The van der Waals surface area contributed by atoms with Crippen LogP contribution in [0.3, 0.4) is 0 Å². The molecule has 0 aliphatic heterocycles. The fraction of sp³-hybridized carbons (Fsp3) is 0.250. The maximum atomic E-state index is 5.44. The number of nitrogens with zero attached hydrogens (tertiary/aromatic N) is 3. The van der Waals surface area contributed by atoms with E-state index < -0.39 is 0 Å². The van der Waals surface area contributed by atoms with Gasteiger partial charge in [0, 0.05) is 7.11 Å². The first kappa shape index (κ1) is 12.4. The van der Waals surface area contributed by atoms with E-state index in [2.05, 4.69) is 20.4 Å². The molecule has 18 heavy (non-hydrogen) atoms. The number of hydrogen-bond donors (Lipinski definition) is 2. The highest BCUT2D eigenvalue weighted by atomic mass is 16.5. The van der Waals surface area contributed by atoms with Gasteiger partial charge in [-0.15, -0.1) is 0 Å². The summed E-state index contributed by atoms with van der Waals surface area (Å²) in [5, 5.41) is 0. The van der Waals surface area contributed by atoms with E-state index in [1.165, 1.54) is 0 Å². The van der Waals surface area contributed by atoms with Crippen LogP contribution in [-0.4, -0.2) is 36.1 Å². The lowest BCUT2D eigenvalue weighted by Gasteiger charge is -2.05. The Labute approximate surface area is 105 Å². The van der Waals surface area contributed by atoms with Gasteiger partial charge in [0.15, 0.2) is 5.84 Å². The number of fused-ring (bicyclic) bond motifs is 1. The molecule has 1 aromatic heterocycles. The number of aromatic nitrogens is 2. The Hall–Kier alpha value is -2.05. The topological polar surface area (TPSA) is 85.4 Å². The molecule has 6 heteroatoms. The molecule has 0 aliphatic rings. The number of aliphatic imine (C=N–C) groups is 1. The van der Waals surface area contributed by atoms with Crippen molar-refractivity contribution in [3.05, 3.63) is 36.2 Å². The third-order valence-electron chi connectivity index (χ3n) is 2.39. The first-order valence-corrected chi connectivity index (χ1v) is 5.57. The molecule has 0 saturated carbocycles. The van der Waals surface area contributed by atoms with Gasteiger partial charge in [0.1, 0.15) is 5.69 Å². The summed E-state index contributed by atoms with van der Waals surface area (Å²) in [5.41, 5.74) is 4.80. The van der Waals surface area contributed by atoms with Crippen LogP contribution < -0.4 is 11.3 Å².